The molecule has 16 heavy (non-hydrogen) atoms. The molecule has 0 aromatic heterocycles. The molecule has 1 rings (SSSR count). The molecule has 1 aromatic rings. The second-order valence-electron chi connectivity index (χ2n) is 3.36. The molecule has 0 aliphatic carbocycles. The third-order valence-electron chi connectivity index (χ3n) is 2.22. The molecule has 0 amide bonds. The lowest BCUT2D eigenvalue weighted by molar-refractivity contribution is -0.132. The molecule has 4 nitrogen and oxygen atoms in total. The number of carboxylic acids is 1. The van der Waals surface area contributed by atoms with E-state index in [1.807, 2.05) is 0 Å². The molecule has 4 N–H and O–H groups in total. The van der Waals surface area contributed by atoms with Crippen LogP contribution in [0.5, 0.6) is 0 Å². The number of carbonyl (C=O) groups is 1. The Morgan fingerprint density at radius 3 is 2.38 bits per heavy atom. The van der Waals surface area contributed by atoms with Gasteiger partial charge in [0.1, 0.15) is 5.84 Å². The van der Waals surface area contributed by atoms with Gasteiger partial charge in [-0.25, -0.2) is 4.79 Å². The first-order valence-corrected chi connectivity index (χ1v) is 4.93. The number of hydrogen-bond donors (Lipinski definition) is 3. The summed E-state index contributed by atoms with van der Waals surface area (Å²) in [5.41, 5.74) is 7.10. The summed E-state index contributed by atoms with van der Waals surface area (Å²) in [7, 11) is 0. The summed E-state index contributed by atoms with van der Waals surface area (Å²) in [5.74, 6) is -0.900. The van der Waals surface area contributed by atoms with E-state index in [1.165, 1.54) is 0 Å². The van der Waals surface area contributed by atoms with Crippen LogP contribution in [0.15, 0.2) is 29.8 Å². The lowest BCUT2D eigenvalue weighted by Gasteiger charge is -2.01. The summed E-state index contributed by atoms with van der Waals surface area (Å²) >= 11 is 0. The Labute approximate surface area is 93.9 Å². The molecule has 0 fully saturated rings. The minimum Gasteiger partial charge on any atom is -0.478 e. The van der Waals surface area contributed by atoms with Gasteiger partial charge in [-0.2, -0.15) is 0 Å². The van der Waals surface area contributed by atoms with Crippen LogP contribution >= 0.6 is 0 Å². The zero-order valence-corrected chi connectivity index (χ0v) is 9.03. The van der Waals surface area contributed by atoms with Gasteiger partial charge in [0.25, 0.3) is 0 Å². The standard InChI is InChI=1S/C12H14N2O2/c1-2-9(12(15)16)7-8-3-5-10(6-4-8)11(13)14/h3-7H,2H2,1H3,(H3,13,14)(H,15,16)/b9-7+. The number of nitrogens with one attached hydrogen (secondary N) is 1. The normalized spacial score (nSPS) is 11.2. The van der Waals surface area contributed by atoms with Gasteiger partial charge in [-0.05, 0) is 18.1 Å². The fourth-order valence-corrected chi connectivity index (χ4v) is 1.28. The predicted molar refractivity (Wildman–Crippen MR) is 63.4 cm³/mol. The van der Waals surface area contributed by atoms with Crippen LogP contribution in [-0.4, -0.2) is 16.9 Å². The van der Waals surface area contributed by atoms with Crippen molar-refractivity contribution in [1.29, 1.82) is 5.41 Å². The Bertz CT molecular complexity index is 433. The van der Waals surface area contributed by atoms with Gasteiger partial charge in [0, 0.05) is 11.1 Å². The minimum absolute atomic E-state index is 0.00415. The smallest absolute Gasteiger partial charge is 0.331 e. The van der Waals surface area contributed by atoms with E-state index in [0.717, 1.165) is 5.56 Å². The lowest BCUT2D eigenvalue weighted by Crippen LogP contribution is -2.10. The van der Waals surface area contributed by atoms with Crippen molar-refractivity contribution in [3.05, 3.63) is 41.0 Å². The van der Waals surface area contributed by atoms with Gasteiger partial charge in [0.2, 0.25) is 0 Å². The van der Waals surface area contributed by atoms with E-state index in [9.17, 15) is 4.79 Å². The van der Waals surface area contributed by atoms with Crippen molar-refractivity contribution in [1.82, 2.24) is 0 Å². The predicted octanol–water partition coefficient (Wildman–Crippen LogP) is 1.85. The van der Waals surface area contributed by atoms with Crippen LogP contribution in [0, 0.1) is 5.41 Å². The fourth-order valence-electron chi connectivity index (χ4n) is 1.28. The van der Waals surface area contributed by atoms with E-state index in [0.29, 0.717) is 17.6 Å². The number of nitrogens with two attached hydrogens (primary N) is 1. The first-order valence-electron chi connectivity index (χ1n) is 4.93. The maximum atomic E-state index is 10.8. The molecule has 0 atom stereocenters. The number of benzene rings is 1. The zero-order valence-electron chi connectivity index (χ0n) is 9.03. The van der Waals surface area contributed by atoms with Crippen molar-refractivity contribution in [2.24, 2.45) is 5.73 Å². The van der Waals surface area contributed by atoms with Gasteiger partial charge >= 0.3 is 5.97 Å². The Kier molecular flexibility index (Phi) is 3.83. The molecule has 4 heteroatoms. The molecule has 0 saturated heterocycles. The minimum atomic E-state index is -0.904. The summed E-state index contributed by atoms with van der Waals surface area (Å²) in [6.07, 6.45) is 2.09. The number of nitrogen functional groups attached to an aromatic ring is 1. The maximum Gasteiger partial charge on any atom is 0.331 e. The van der Waals surface area contributed by atoms with Gasteiger partial charge in [-0.1, -0.05) is 31.2 Å². The summed E-state index contributed by atoms with van der Waals surface area (Å²) in [6, 6.07) is 6.89. The second-order valence-corrected chi connectivity index (χ2v) is 3.36. The van der Waals surface area contributed by atoms with Crippen LogP contribution in [-0.2, 0) is 4.79 Å². The Hall–Kier alpha value is -2.10. The van der Waals surface area contributed by atoms with Gasteiger partial charge in [0.15, 0.2) is 0 Å². The number of rotatable bonds is 4. The third-order valence-corrected chi connectivity index (χ3v) is 2.22. The number of hydrogen-bond acceptors (Lipinski definition) is 2. The molecule has 1 aromatic carbocycles. The van der Waals surface area contributed by atoms with E-state index >= 15 is 0 Å². The Morgan fingerprint density at radius 1 is 1.44 bits per heavy atom. The summed E-state index contributed by atoms with van der Waals surface area (Å²) in [5, 5.41) is 16.1. The van der Waals surface area contributed by atoms with Gasteiger partial charge in [-0.15, -0.1) is 0 Å². The molecule has 0 spiro atoms. The molecule has 0 radical (unpaired) electrons. The highest BCUT2D eigenvalue weighted by atomic mass is 16.4. The topological polar surface area (TPSA) is 87.2 Å². The van der Waals surface area contributed by atoms with E-state index in [1.54, 1.807) is 37.3 Å². The lowest BCUT2D eigenvalue weighted by atomic mass is 10.1. The van der Waals surface area contributed by atoms with Crippen LogP contribution in [0.4, 0.5) is 0 Å². The van der Waals surface area contributed by atoms with Crippen LogP contribution in [0.25, 0.3) is 6.08 Å². The average molecular weight is 218 g/mol. The SMILES string of the molecule is CC/C(=C\c1ccc(C(=N)N)cc1)C(=O)O. The van der Waals surface area contributed by atoms with Crippen molar-refractivity contribution in [2.45, 2.75) is 13.3 Å². The van der Waals surface area contributed by atoms with Crippen molar-refractivity contribution in [3.63, 3.8) is 0 Å². The largest absolute Gasteiger partial charge is 0.478 e. The van der Waals surface area contributed by atoms with Gasteiger partial charge in [0.05, 0.1) is 0 Å². The highest BCUT2D eigenvalue weighted by molar-refractivity contribution is 5.95. The van der Waals surface area contributed by atoms with E-state index in [4.69, 9.17) is 16.2 Å². The molecule has 0 aliphatic heterocycles. The van der Waals surface area contributed by atoms with Crippen LogP contribution in [0.1, 0.15) is 24.5 Å². The van der Waals surface area contributed by atoms with Crippen LogP contribution in [0.3, 0.4) is 0 Å². The molecular formula is C12H14N2O2. The van der Waals surface area contributed by atoms with Crippen molar-refractivity contribution >= 4 is 17.9 Å². The third kappa shape index (κ3) is 2.95. The summed E-state index contributed by atoms with van der Waals surface area (Å²) < 4.78 is 0. The van der Waals surface area contributed by atoms with Crippen LogP contribution in [0.2, 0.25) is 0 Å². The first-order chi connectivity index (χ1) is 7.54. The first kappa shape index (κ1) is 12.0. The van der Waals surface area contributed by atoms with Crippen molar-refractivity contribution < 1.29 is 9.90 Å². The molecular weight excluding hydrogens is 204 g/mol. The maximum absolute atomic E-state index is 10.8. The van der Waals surface area contributed by atoms with E-state index in [-0.39, 0.29) is 5.84 Å². The quantitative estimate of drug-likeness (QED) is 0.409. The number of amidine groups is 1. The highest BCUT2D eigenvalue weighted by Crippen LogP contribution is 2.11. The van der Waals surface area contributed by atoms with Crippen molar-refractivity contribution in [3.8, 4) is 0 Å². The monoisotopic (exact) mass is 218 g/mol. The van der Waals surface area contributed by atoms with Gasteiger partial charge < -0.3 is 10.8 Å². The molecule has 0 aliphatic rings. The fraction of sp³-hybridized carbons (Fsp3) is 0.167. The highest BCUT2D eigenvalue weighted by Gasteiger charge is 2.04. The Balaban J connectivity index is 2.98. The van der Waals surface area contributed by atoms with Gasteiger partial charge in [-0.3, -0.25) is 5.41 Å². The molecule has 0 unspecified atom stereocenters. The molecule has 0 bridgehead atoms. The molecule has 0 saturated carbocycles. The molecule has 0 heterocycles. The zero-order chi connectivity index (χ0) is 12.1. The Morgan fingerprint density at radius 2 is 2.00 bits per heavy atom. The van der Waals surface area contributed by atoms with Crippen molar-refractivity contribution in [2.75, 3.05) is 0 Å². The summed E-state index contributed by atoms with van der Waals surface area (Å²) in [4.78, 5) is 10.8. The van der Waals surface area contributed by atoms with E-state index in [2.05, 4.69) is 0 Å². The molecule has 84 valence electrons. The van der Waals surface area contributed by atoms with E-state index < -0.39 is 5.97 Å². The number of carboxylic acid groups (broad SMARTS) is 1. The second kappa shape index (κ2) is 5.11. The number of aliphatic carboxylic acids is 1. The summed E-state index contributed by atoms with van der Waals surface area (Å²) in [6.45, 7) is 1.80. The van der Waals surface area contributed by atoms with Crippen LogP contribution < -0.4 is 5.73 Å². The average Bonchev–Trinajstić information content (AvgIpc) is 2.26.